The number of aryl methyl sites for hydroxylation is 3. The summed E-state index contributed by atoms with van der Waals surface area (Å²) in [5.74, 6) is 0. The van der Waals surface area contributed by atoms with Crippen LogP contribution in [0.3, 0.4) is 0 Å². The number of hydrogen-bond acceptors (Lipinski definition) is 4. The normalized spacial score (nSPS) is 12.3. The Labute approximate surface area is 132 Å². The number of halogens is 1. The van der Waals surface area contributed by atoms with Gasteiger partial charge in [-0.1, -0.05) is 0 Å². The number of hydrogen-bond donors (Lipinski definition) is 0. The molecule has 9 heteroatoms. The molecule has 21 heavy (non-hydrogen) atoms. The van der Waals surface area contributed by atoms with Crippen LogP contribution < -0.4 is 0 Å². The average Bonchev–Trinajstić information content (AvgIpc) is 2.96. The van der Waals surface area contributed by atoms with Gasteiger partial charge >= 0.3 is 0 Å². The largest absolute Gasteiger partial charge is 0.271 e. The second-order valence-electron chi connectivity index (χ2n) is 4.76. The molecule has 0 bridgehead atoms. The van der Waals surface area contributed by atoms with Gasteiger partial charge in [0.1, 0.15) is 4.90 Å². The lowest BCUT2D eigenvalue weighted by atomic mass is 10.4. The van der Waals surface area contributed by atoms with E-state index in [9.17, 15) is 8.42 Å². The van der Waals surface area contributed by atoms with E-state index >= 15 is 0 Å². The van der Waals surface area contributed by atoms with Crippen LogP contribution in [0.4, 0.5) is 0 Å². The van der Waals surface area contributed by atoms with E-state index in [0.717, 1.165) is 10.2 Å². The van der Waals surface area contributed by atoms with Crippen LogP contribution in [0.25, 0.3) is 0 Å². The van der Waals surface area contributed by atoms with E-state index in [2.05, 4.69) is 26.1 Å². The van der Waals surface area contributed by atoms with Gasteiger partial charge in [-0.2, -0.15) is 14.5 Å². The van der Waals surface area contributed by atoms with Crippen molar-refractivity contribution in [3.63, 3.8) is 0 Å². The lowest BCUT2D eigenvalue weighted by molar-refractivity contribution is 0.451. The molecule has 0 fully saturated rings. The lowest BCUT2D eigenvalue weighted by Crippen LogP contribution is -2.28. The van der Waals surface area contributed by atoms with E-state index < -0.39 is 10.0 Å². The Balaban J connectivity index is 2.32. The molecule has 7 nitrogen and oxygen atoms in total. The zero-order chi connectivity index (χ0) is 15.8. The predicted octanol–water partition coefficient (Wildman–Crippen LogP) is 1.53. The highest BCUT2D eigenvalue weighted by Crippen LogP contribution is 2.22. The van der Waals surface area contributed by atoms with Crippen molar-refractivity contribution in [2.75, 3.05) is 7.05 Å². The van der Waals surface area contributed by atoms with Crippen LogP contribution >= 0.6 is 15.9 Å². The Kier molecular flexibility index (Phi) is 4.54. The molecule has 0 aromatic carbocycles. The zero-order valence-corrected chi connectivity index (χ0v) is 14.8. The quantitative estimate of drug-likeness (QED) is 0.793. The molecule has 0 aliphatic carbocycles. The first-order valence-corrected chi connectivity index (χ1v) is 8.67. The Morgan fingerprint density at radius 3 is 2.57 bits per heavy atom. The van der Waals surface area contributed by atoms with Crippen molar-refractivity contribution in [3.05, 3.63) is 28.3 Å². The van der Waals surface area contributed by atoms with Crippen LogP contribution in [-0.4, -0.2) is 39.3 Å². The third-order valence-electron chi connectivity index (χ3n) is 3.30. The molecule has 116 valence electrons. The molecule has 2 rings (SSSR count). The predicted molar refractivity (Wildman–Crippen MR) is 82.2 cm³/mol. The van der Waals surface area contributed by atoms with Gasteiger partial charge in [-0.15, -0.1) is 0 Å². The van der Waals surface area contributed by atoms with Crippen LogP contribution in [0.15, 0.2) is 21.8 Å². The molecule has 0 saturated heterocycles. The number of nitrogens with zero attached hydrogens (tertiary/aromatic N) is 5. The van der Waals surface area contributed by atoms with Crippen molar-refractivity contribution in [2.45, 2.75) is 31.8 Å². The third-order valence-corrected chi connectivity index (χ3v) is 5.87. The van der Waals surface area contributed by atoms with Crippen LogP contribution in [0.5, 0.6) is 0 Å². The SMILES string of the molecule is CCn1cc(S(=O)(=O)N(C)Cc2c(Br)cnn2C)c(C)n1. The van der Waals surface area contributed by atoms with E-state index in [1.54, 1.807) is 42.8 Å². The van der Waals surface area contributed by atoms with Gasteiger partial charge < -0.3 is 0 Å². The number of aromatic nitrogens is 4. The van der Waals surface area contributed by atoms with Crippen molar-refractivity contribution in [1.82, 2.24) is 23.9 Å². The molecule has 2 heterocycles. The summed E-state index contributed by atoms with van der Waals surface area (Å²) in [5.41, 5.74) is 1.30. The van der Waals surface area contributed by atoms with Crippen molar-refractivity contribution in [3.8, 4) is 0 Å². The minimum absolute atomic E-state index is 0.232. The van der Waals surface area contributed by atoms with Crippen LogP contribution in [0, 0.1) is 6.92 Å². The van der Waals surface area contributed by atoms with Crippen LogP contribution in [0.1, 0.15) is 18.3 Å². The fourth-order valence-electron chi connectivity index (χ4n) is 1.99. The summed E-state index contributed by atoms with van der Waals surface area (Å²) in [4.78, 5) is 0.241. The number of rotatable bonds is 5. The summed E-state index contributed by atoms with van der Waals surface area (Å²) in [6, 6.07) is 0. The molecule has 0 unspecified atom stereocenters. The maximum atomic E-state index is 12.7. The lowest BCUT2D eigenvalue weighted by Gasteiger charge is -2.17. The molecule has 0 aliphatic rings. The van der Waals surface area contributed by atoms with Crippen molar-refractivity contribution < 1.29 is 8.42 Å². The van der Waals surface area contributed by atoms with Gasteiger partial charge in [0.2, 0.25) is 10.0 Å². The zero-order valence-electron chi connectivity index (χ0n) is 12.4. The highest BCUT2D eigenvalue weighted by molar-refractivity contribution is 9.10. The molecule has 0 spiro atoms. The Bertz CT molecular complexity index is 730. The van der Waals surface area contributed by atoms with Crippen LogP contribution in [-0.2, 0) is 30.2 Å². The third kappa shape index (κ3) is 3.04. The summed E-state index contributed by atoms with van der Waals surface area (Å²) in [6.45, 7) is 4.48. The van der Waals surface area contributed by atoms with E-state index in [0.29, 0.717) is 12.2 Å². The van der Waals surface area contributed by atoms with E-state index in [4.69, 9.17) is 0 Å². The van der Waals surface area contributed by atoms with Crippen molar-refractivity contribution >= 4 is 26.0 Å². The first kappa shape index (κ1) is 16.2. The van der Waals surface area contributed by atoms with Gasteiger partial charge in [-0.05, 0) is 29.8 Å². The van der Waals surface area contributed by atoms with Gasteiger partial charge in [-0.25, -0.2) is 8.42 Å². The second kappa shape index (κ2) is 5.90. The van der Waals surface area contributed by atoms with E-state index in [1.165, 1.54) is 4.31 Å². The van der Waals surface area contributed by atoms with E-state index in [-0.39, 0.29) is 11.4 Å². The molecule has 2 aromatic rings. The number of sulfonamides is 1. The molecule has 0 radical (unpaired) electrons. The fourth-order valence-corrected chi connectivity index (χ4v) is 3.76. The molecule has 0 atom stereocenters. The molecule has 2 aromatic heterocycles. The fraction of sp³-hybridized carbons (Fsp3) is 0.500. The first-order chi connectivity index (χ1) is 9.77. The van der Waals surface area contributed by atoms with Crippen molar-refractivity contribution in [1.29, 1.82) is 0 Å². The van der Waals surface area contributed by atoms with Gasteiger partial charge in [0.05, 0.1) is 28.6 Å². The molecule has 0 aliphatic heterocycles. The summed E-state index contributed by atoms with van der Waals surface area (Å²) >= 11 is 3.38. The first-order valence-electron chi connectivity index (χ1n) is 6.44. The summed E-state index contributed by atoms with van der Waals surface area (Å²) < 4.78 is 30.7. The Morgan fingerprint density at radius 1 is 1.43 bits per heavy atom. The second-order valence-corrected chi connectivity index (χ2v) is 7.63. The minimum Gasteiger partial charge on any atom is -0.271 e. The highest BCUT2D eigenvalue weighted by Gasteiger charge is 2.26. The van der Waals surface area contributed by atoms with Gasteiger partial charge in [0, 0.05) is 26.8 Å². The summed E-state index contributed by atoms with van der Waals surface area (Å²) in [5, 5.41) is 8.28. The summed E-state index contributed by atoms with van der Waals surface area (Å²) in [7, 11) is -0.249. The molecule has 0 amide bonds. The van der Waals surface area contributed by atoms with Gasteiger partial charge in [-0.3, -0.25) is 9.36 Å². The topological polar surface area (TPSA) is 73.0 Å². The highest BCUT2D eigenvalue weighted by atomic mass is 79.9. The smallest absolute Gasteiger partial charge is 0.246 e. The maximum Gasteiger partial charge on any atom is 0.246 e. The van der Waals surface area contributed by atoms with Gasteiger partial charge in [0.15, 0.2) is 0 Å². The molecular weight excluding hydrogens is 358 g/mol. The Morgan fingerprint density at radius 2 is 2.10 bits per heavy atom. The van der Waals surface area contributed by atoms with Crippen molar-refractivity contribution in [2.24, 2.45) is 7.05 Å². The molecule has 0 N–H and O–H groups in total. The minimum atomic E-state index is -3.58. The monoisotopic (exact) mass is 375 g/mol. The Hall–Kier alpha value is -1.19. The van der Waals surface area contributed by atoms with Gasteiger partial charge in [0.25, 0.3) is 0 Å². The average molecular weight is 376 g/mol. The summed E-state index contributed by atoms with van der Waals surface area (Å²) in [6.07, 6.45) is 3.22. The van der Waals surface area contributed by atoms with E-state index in [1.807, 2.05) is 6.92 Å². The molecular formula is C12H18BrN5O2S. The van der Waals surface area contributed by atoms with Crippen LogP contribution in [0.2, 0.25) is 0 Å². The maximum absolute atomic E-state index is 12.7. The molecule has 0 saturated carbocycles. The standard InChI is InChI=1S/C12H18BrN5O2S/c1-5-18-8-12(9(2)15-18)21(19,20)16(3)7-11-10(13)6-14-17(11)4/h6,8H,5,7H2,1-4H3.